The Morgan fingerprint density at radius 1 is 1.40 bits per heavy atom. The topological polar surface area (TPSA) is 58.4 Å². The molecule has 0 bridgehead atoms. The largest absolute Gasteiger partial charge is 0.480 e. The highest BCUT2D eigenvalue weighted by molar-refractivity contribution is 5.75. The second kappa shape index (κ2) is 5.36. The third kappa shape index (κ3) is 2.52. The van der Waals surface area contributed by atoms with Gasteiger partial charge in [-0.3, -0.25) is 4.79 Å². The van der Waals surface area contributed by atoms with Gasteiger partial charge in [-0.2, -0.15) is 0 Å². The fourth-order valence-corrected chi connectivity index (χ4v) is 2.87. The molecule has 5 heteroatoms. The summed E-state index contributed by atoms with van der Waals surface area (Å²) in [5.41, 5.74) is 2.32. The van der Waals surface area contributed by atoms with Crippen molar-refractivity contribution in [1.29, 1.82) is 0 Å². The summed E-state index contributed by atoms with van der Waals surface area (Å²) in [7, 11) is 0. The lowest BCUT2D eigenvalue weighted by atomic mass is 9.98. The van der Waals surface area contributed by atoms with Crippen LogP contribution < -0.4 is 4.90 Å². The predicted octanol–water partition coefficient (Wildman–Crippen LogP) is 1.96. The number of aliphatic carboxylic acids is 1. The van der Waals surface area contributed by atoms with Gasteiger partial charge in [0.25, 0.3) is 0 Å². The fourth-order valence-electron chi connectivity index (χ4n) is 2.87. The number of benzene rings is 1. The fraction of sp³-hybridized carbons (Fsp3) is 0.333. The van der Waals surface area contributed by atoms with Gasteiger partial charge in [0, 0.05) is 37.1 Å². The second-order valence-electron chi connectivity index (χ2n) is 5.12. The first-order chi connectivity index (χ1) is 9.74. The maximum atomic E-state index is 11.0. The van der Waals surface area contributed by atoms with Gasteiger partial charge in [0.05, 0.1) is 6.33 Å². The van der Waals surface area contributed by atoms with Crippen LogP contribution in [0.1, 0.15) is 17.9 Å². The van der Waals surface area contributed by atoms with Gasteiger partial charge in [-0.1, -0.05) is 18.2 Å². The molecule has 0 amide bonds. The lowest BCUT2D eigenvalue weighted by Crippen LogP contribution is -2.28. The molecule has 5 nitrogen and oxygen atoms in total. The molecule has 1 N–H and O–H groups in total. The van der Waals surface area contributed by atoms with E-state index >= 15 is 0 Å². The monoisotopic (exact) mass is 271 g/mol. The molecule has 0 saturated heterocycles. The summed E-state index contributed by atoms with van der Waals surface area (Å²) in [5, 5.41) is 9.01. The Kier molecular flexibility index (Phi) is 3.41. The van der Waals surface area contributed by atoms with Crippen LogP contribution in [0.2, 0.25) is 0 Å². The first kappa shape index (κ1) is 12.7. The Morgan fingerprint density at radius 3 is 3.00 bits per heavy atom. The van der Waals surface area contributed by atoms with Crippen molar-refractivity contribution in [2.24, 2.45) is 0 Å². The molecule has 1 unspecified atom stereocenters. The number of imidazole rings is 1. The summed E-state index contributed by atoms with van der Waals surface area (Å²) in [6.45, 7) is 1.75. The number of rotatable bonds is 5. The summed E-state index contributed by atoms with van der Waals surface area (Å²) < 4.78 is 2.06. The van der Waals surface area contributed by atoms with Gasteiger partial charge in [0.1, 0.15) is 6.54 Å². The molecule has 2 heterocycles. The predicted molar refractivity (Wildman–Crippen MR) is 75.9 cm³/mol. The number of fused-ring (bicyclic) bond motifs is 1. The highest BCUT2D eigenvalue weighted by Crippen LogP contribution is 2.37. The number of carboxylic acids is 1. The molecule has 0 aliphatic carbocycles. The number of aryl methyl sites for hydroxylation is 1. The first-order valence-electron chi connectivity index (χ1n) is 6.75. The van der Waals surface area contributed by atoms with Crippen molar-refractivity contribution in [2.75, 3.05) is 18.0 Å². The molecule has 1 aromatic heterocycles. The quantitative estimate of drug-likeness (QED) is 0.903. The highest BCUT2D eigenvalue weighted by atomic mass is 16.4. The molecule has 2 aromatic rings. The molecule has 1 atom stereocenters. The lowest BCUT2D eigenvalue weighted by Gasteiger charge is -2.17. The zero-order valence-corrected chi connectivity index (χ0v) is 11.1. The number of anilines is 1. The number of hydrogen-bond donors (Lipinski definition) is 1. The van der Waals surface area contributed by atoms with E-state index in [9.17, 15) is 4.79 Å². The van der Waals surface area contributed by atoms with Crippen molar-refractivity contribution in [2.45, 2.75) is 18.9 Å². The van der Waals surface area contributed by atoms with Crippen molar-refractivity contribution in [3.63, 3.8) is 0 Å². The number of aromatic nitrogens is 2. The Bertz CT molecular complexity index is 595. The van der Waals surface area contributed by atoms with Gasteiger partial charge in [-0.05, 0) is 18.1 Å². The zero-order chi connectivity index (χ0) is 13.9. The molecule has 0 spiro atoms. The minimum atomic E-state index is -0.782. The van der Waals surface area contributed by atoms with E-state index in [1.165, 1.54) is 5.56 Å². The average Bonchev–Trinajstić information content (AvgIpc) is 3.05. The maximum absolute atomic E-state index is 11.0. The molecule has 0 radical (unpaired) electrons. The minimum Gasteiger partial charge on any atom is -0.480 e. The molecule has 20 heavy (non-hydrogen) atoms. The molecule has 1 aliphatic rings. The van der Waals surface area contributed by atoms with Crippen LogP contribution in [0.5, 0.6) is 0 Å². The standard InChI is InChI=1S/C15H17N3O2/c19-15(20)10-18-9-12(5-7-17-8-6-16-11-17)13-3-1-2-4-14(13)18/h1-4,6,8,11-12H,5,7,9-10H2,(H,19,20). The van der Waals surface area contributed by atoms with E-state index in [0.29, 0.717) is 5.92 Å². The Labute approximate surface area is 117 Å². The third-order valence-electron chi connectivity index (χ3n) is 3.78. The zero-order valence-electron chi connectivity index (χ0n) is 11.1. The molecule has 1 aliphatic heterocycles. The summed E-state index contributed by atoms with van der Waals surface area (Å²) >= 11 is 0. The van der Waals surface area contributed by atoms with Gasteiger partial charge in [-0.25, -0.2) is 4.98 Å². The summed E-state index contributed by atoms with van der Waals surface area (Å²) in [4.78, 5) is 17.0. The van der Waals surface area contributed by atoms with Crippen molar-refractivity contribution in [3.05, 3.63) is 48.5 Å². The number of nitrogens with zero attached hydrogens (tertiary/aromatic N) is 3. The van der Waals surface area contributed by atoms with E-state index in [2.05, 4.69) is 15.6 Å². The van der Waals surface area contributed by atoms with Gasteiger partial charge in [0.15, 0.2) is 0 Å². The van der Waals surface area contributed by atoms with Gasteiger partial charge < -0.3 is 14.6 Å². The minimum absolute atomic E-state index is 0.0680. The Hall–Kier alpha value is -2.30. The van der Waals surface area contributed by atoms with Crippen LogP contribution in [0.3, 0.4) is 0 Å². The van der Waals surface area contributed by atoms with E-state index in [1.54, 1.807) is 6.20 Å². The van der Waals surface area contributed by atoms with Gasteiger partial charge in [0.2, 0.25) is 0 Å². The molecular formula is C15H17N3O2. The number of carbonyl (C=O) groups is 1. The van der Waals surface area contributed by atoms with Crippen molar-refractivity contribution in [1.82, 2.24) is 9.55 Å². The summed E-state index contributed by atoms with van der Waals surface area (Å²) in [5.74, 6) is -0.400. The van der Waals surface area contributed by atoms with Crippen LogP contribution in [-0.2, 0) is 11.3 Å². The number of para-hydroxylation sites is 1. The van der Waals surface area contributed by atoms with E-state index in [4.69, 9.17) is 5.11 Å². The van der Waals surface area contributed by atoms with Crippen molar-refractivity contribution < 1.29 is 9.90 Å². The molecule has 3 rings (SSSR count). The Morgan fingerprint density at radius 2 is 2.25 bits per heavy atom. The van der Waals surface area contributed by atoms with E-state index < -0.39 is 5.97 Å². The van der Waals surface area contributed by atoms with E-state index in [1.807, 2.05) is 35.6 Å². The van der Waals surface area contributed by atoms with E-state index in [0.717, 1.165) is 25.2 Å². The summed E-state index contributed by atoms with van der Waals surface area (Å²) in [6.07, 6.45) is 6.54. The van der Waals surface area contributed by atoms with Crippen LogP contribution in [0.15, 0.2) is 43.0 Å². The Balaban J connectivity index is 1.74. The van der Waals surface area contributed by atoms with Gasteiger partial charge in [-0.15, -0.1) is 0 Å². The average molecular weight is 271 g/mol. The lowest BCUT2D eigenvalue weighted by molar-refractivity contribution is -0.135. The molecule has 1 aromatic carbocycles. The SMILES string of the molecule is O=C(O)CN1CC(CCn2ccnc2)c2ccccc21. The third-order valence-corrected chi connectivity index (χ3v) is 3.78. The second-order valence-corrected chi connectivity index (χ2v) is 5.12. The van der Waals surface area contributed by atoms with Crippen LogP contribution in [0.25, 0.3) is 0 Å². The number of carboxylic acid groups (broad SMARTS) is 1. The molecule has 104 valence electrons. The van der Waals surface area contributed by atoms with Crippen LogP contribution >= 0.6 is 0 Å². The molecule has 0 saturated carbocycles. The van der Waals surface area contributed by atoms with Crippen LogP contribution in [0.4, 0.5) is 5.69 Å². The summed E-state index contributed by atoms with van der Waals surface area (Å²) in [6, 6.07) is 8.10. The van der Waals surface area contributed by atoms with Crippen LogP contribution in [-0.4, -0.2) is 33.7 Å². The first-order valence-corrected chi connectivity index (χ1v) is 6.75. The highest BCUT2D eigenvalue weighted by Gasteiger charge is 2.28. The van der Waals surface area contributed by atoms with Gasteiger partial charge >= 0.3 is 5.97 Å². The molecular weight excluding hydrogens is 254 g/mol. The van der Waals surface area contributed by atoms with E-state index in [-0.39, 0.29) is 6.54 Å². The smallest absolute Gasteiger partial charge is 0.323 e. The number of hydrogen-bond acceptors (Lipinski definition) is 3. The normalized spacial score (nSPS) is 17.2. The van der Waals surface area contributed by atoms with Crippen molar-refractivity contribution >= 4 is 11.7 Å². The molecule has 0 fully saturated rings. The van der Waals surface area contributed by atoms with Crippen LogP contribution in [0, 0.1) is 0 Å². The van der Waals surface area contributed by atoms with Crippen molar-refractivity contribution in [3.8, 4) is 0 Å². The maximum Gasteiger partial charge on any atom is 0.323 e.